The number of hydrogen-bond acceptors (Lipinski definition) is 3. The lowest BCUT2D eigenvalue weighted by Gasteiger charge is -2.28. The van der Waals surface area contributed by atoms with Gasteiger partial charge < -0.3 is 4.90 Å². The Balaban J connectivity index is 1.71. The quantitative estimate of drug-likeness (QED) is 0.707. The molecule has 25 heavy (non-hydrogen) atoms. The van der Waals surface area contributed by atoms with Gasteiger partial charge in [0.2, 0.25) is 0 Å². The molecule has 0 unspecified atom stereocenters. The second kappa shape index (κ2) is 6.01. The van der Waals surface area contributed by atoms with Gasteiger partial charge in [-0.15, -0.1) is 0 Å². The molecule has 0 N–H and O–H groups in total. The highest BCUT2D eigenvalue weighted by Crippen LogP contribution is 2.29. The second-order valence-electron chi connectivity index (χ2n) is 6.23. The van der Waals surface area contributed by atoms with E-state index in [2.05, 4.69) is 10.1 Å². The summed E-state index contributed by atoms with van der Waals surface area (Å²) in [6, 6.07) is 9.43. The largest absolute Gasteiger partial charge is 0.306 e. The van der Waals surface area contributed by atoms with Crippen molar-refractivity contribution in [3.63, 3.8) is 0 Å². The van der Waals surface area contributed by atoms with Gasteiger partial charge in [-0.05, 0) is 49.2 Å². The molecule has 0 saturated heterocycles. The fourth-order valence-electron chi connectivity index (χ4n) is 3.30. The molecule has 1 aliphatic rings. The Morgan fingerprint density at radius 2 is 2.00 bits per heavy atom. The summed E-state index contributed by atoms with van der Waals surface area (Å²) in [5, 5.41) is 5.04. The Labute approximate surface area is 150 Å². The lowest BCUT2D eigenvalue weighted by molar-refractivity contribution is 0.0980. The summed E-state index contributed by atoms with van der Waals surface area (Å²) in [7, 11) is 1.90. The summed E-state index contributed by atoms with van der Waals surface area (Å²) in [5.74, 6) is -0.0157. The number of hydrogen-bond donors (Lipinski definition) is 0. The molecule has 4 rings (SSSR count). The highest BCUT2D eigenvalue weighted by Gasteiger charge is 2.26. The zero-order chi connectivity index (χ0) is 17.6. The lowest BCUT2D eigenvalue weighted by atomic mass is 9.98. The fourth-order valence-corrected chi connectivity index (χ4v) is 3.49. The summed E-state index contributed by atoms with van der Waals surface area (Å²) < 4.78 is 1.82. The van der Waals surface area contributed by atoms with E-state index < -0.39 is 0 Å². The van der Waals surface area contributed by atoms with Gasteiger partial charge in [-0.3, -0.25) is 14.5 Å². The number of halogens is 1. The Morgan fingerprint density at radius 1 is 1.16 bits per heavy atom. The van der Waals surface area contributed by atoms with Gasteiger partial charge in [0, 0.05) is 35.9 Å². The Bertz CT molecular complexity index is 979. The topological polar surface area (TPSA) is 51.0 Å². The monoisotopic (exact) mass is 352 g/mol. The molecule has 6 heteroatoms. The number of fused-ring (bicyclic) bond motifs is 1. The van der Waals surface area contributed by atoms with E-state index in [0.717, 1.165) is 34.6 Å². The minimum atomic E-state index is -0.0157. The van der Waals surface area contributed by atoms with Gasteiger partial charge in [0.25, 0.3) is 5.91 Å². The molecular formula is C19H17ClN4O. The maximum Gasteiger partial charge on any atom is 0.258 e. The van der Waals surface area contributed by atoms with Gasteiger partial charge in [-0.1, -0.05) is 11.6 Å². The molecule has 1 amide bonds. The van der Waals surface area contributed by atoms with Crippen molar-refractivity contribution in [3.8, 4) is 11.3 Å². The van der Waals surface area contributed by atoms with Crippen molar-refractivity contribution >= 4 is 23.2 Å². The number of nitrogens with zero attached hydrogens (tertiary/aromatic N) is 4. The minimum absolute atomic E-state index is 0.0157. The van der Waals surface area contributed by atoms with Gasteiger partial charge in [0.1, 0.15) is 0 Å². The first-order chi connectivity index (χ1) is 12.0. The predicted molar refractivity (Wildman–Crippen MR) is 98.0 cm³/mol. The summed E-state index contributed by atoms with van der Waals surface area (Å²) in [5.41, 5.74) is 5.36. The highest BCUT2D eigenvalue weighted by molar-refractivity contribution is 6.30. The van der Waals surface area contributed by atoms with Crippen LogP contribution in [0.4, 0.5) is 5.69 Å². The van der Waals surface area contributed by atoms with Crippen LogP contribution in [0.3, 0.4) is 0 Å². The number of rotatable bonds is 2. The van der Waals surface area contributed by atoms with Crippen LogP contribution < -0.4 is 4.90 Å². The molecule has 2 aromatic heterocycles. The number of carbonyl (C=O) groups excluding carboxylic acids is 1. The molecule has 126 valence electrons. The molecule has 0 aliphatic carbocycles. The van der Waals surface area contributed by atoms with Crippen LogP contribution in [0.5, 0.6) is 0 Å². The predicted octanol–water partition coefficient (Wildman–Crippen LogP) is 3.65. The first kappa shape index (κ1) is 15.8. The van der Waals surface area contributed by atoms with Crippen molar-refractivity contribution < 1.29 is 4.79 Å². The van der Waals surface area contributed by atoms with Gasteiger partial charge in [-0.2, -0.15) is 5.10 Å². The van der Waals surface area contributed by atoms with Crippen LogP contribution in [0, 0.1) is 6.92 Å². The van der Waals surface area contributed by atoms with Crippen molar-refractivity contribution in [2.75, 3.05) is 11.4 Å². The molecule has 1 aliphatic heterocycles. The number of pyridine rings is 1. The second-order valence-corrected chi connectivity index (χ2v) is 6.67. The van der Waals surface area contributed by atoms with Gasteiger partial charge >= 0.3 is 0 Å². The van der Waals surface area contributed by atoms with E-state index in [9.17, 15) is 4.79 Å². The summed E-state index contributed by atoms with van der Waals surface area (Å²) >= 11 is 6.04. The third-order valence-electron chi connectivity index (χ3n) is 4.48. The van der Waals surface area contributed by atoms with E-state index >= 15 is 0 Å². The van der Waals surface area contributed by atoms with E-state index in [1.807, 2.05) is 36.9 Å². The van der Waals surface area contributed by atoms with Crippen LogP contribution in [-0.2, 0) is 13.5 Å². The van der Waals surface area contributed by atoms with E-state index in [0.29, 0.717) is 17.1 Å². The molecule has 1 aromatic carbocycles. The third kappa shape index (κ3) is 2.81. The third-order valence-corrected chi connectivity index (χ3v) is 4.72. The first-order valence-corrected chi connectivity index (χ1v) is 8.47. The summed E-state index contributed by atoms with van der Waals surface area (Å²) in [4.78, 5) is 19.0. The van der Waals surface area contributed by atoms with Crippen molar-refractivity contribution in [2.24, 2.45) is 7.05 Å². The molecule has 0 spiro atoms. The molecule has 5 nitrogen and oxygen atoms in total. The van der Waals surface area contributed by atoms with Crippen LogP contribution in [0.2, 0.25) is 5.02 Å². The van der Waals surface area contributed by atoms with Gasteiger partial charge in [0.15, 0.2) is 0 Å². The minimum Gasteiger partial charge on any atom is -0.306 e. The van der Waals surface area contributed by atoms with Crippen LogP contribution in [0.25, 0.3) is 11.3 Å². The Hall–Kier alpha value is -2.66. The summed E-state index contributed by atoms with van der Waals surface area (Å²) in [6.45, 7) is 2.57. The number of amides is 1. The number of carbonyl (C=O) groups is 1. The van der Waals surface area contributed by atoms with Crippen molar-refractivity contribution in [1.29, 1.82) is 0 Å². The number of benzene rings is 1. The average Bonchev–Trinajstić information content (AvgIpc) is 2.93. The van der Waals surface area contributed by atoms with E-state index in [-0.39, 0.29) is 5.91 Å². The van der Waals surface area contributed by atoms with Crippen molar-refractivity contribution in [2.45, 2.75) is 13.3 Å². The smallest absolute Gasteiger partial charge is 0.258 e. The van der Waals surface area contributed by atoms with E-state index in [1.165, 1.54) is 0 Å². The SMILES string of the molecule is Cc1cc(-c2cncc(N3CCc4cc(Cl)ccc4C3=O)c2)n(C)n1. The number of aromatic nitrogens is 3. The van der Waals surface area contributed by atoms with Crippen molar-refractivity contribution in [1.82, 2.24) is 14.8 Å². The van der Waals surface area contributed by atoms with E-state index in [4.69, 9.17) is 11.6 Å². The zero-order valence-electron chi connectivity index (χ0n) is 14.0. The van der Waals surface area contributed by atoms with Crippen LogP contribution in [-0.4, -0.2) is 27.2 Å². The standard InChI is InChI=1S/C19H17ClN4O/c1-12-7-18(23(2)22-12)14-9-16(11-21-10-14)24-6-5-13-8-15(20)3-4-17(13)19(24)25/h3-4,7-11H,5-6H2,1-2H3. The normalized spacial score (nSPS) is 13.9. The summed E-state index contributed by atoms with van der Waals surface area (Å²) in [6.07, 6.45) is 4.30. The number of anilines is 1. The Kier molecular flexibility index (Phi) is 3.81. The van der Waals surface area contributed by atoms with Crippen LogP contribution in [0.1, 0.15) is 21.6 Å². The molecule has 0 atom stereocenters. The molecule has 0 saturated carbocycles. The molecule has 3 aromatic rings. The fraction of sp³-hybridized carbons (Fsp3) is 0.211. The zero-order valence-corrected chi connectivity index (χ0v) is 14.8. The maximum atomic E-state index is 12.9. The van der Waals surface area contributed by atoms with Crippen molar-refractivity contribution in [3.05, 3.63) is 64.6 Å². The van der Waals surface area contributed by atoms with Gasteiger partial charge in [0.05, 0.1) is 23.3 Å². The molecular weight excluding hydrogens is 336 g/mol. The van der Waals surface area contributed by atoms with Crippen LogP contribution >= 0.6 is 11.6 Å². The molecule has 0 fully saturated rings. The maximum absolute atomic E-state index is 12.9. The highest BCUT2D eigenvalue weighted by atomic mass is 35.5. The van der Waals surface area contributed by atoms with Gasteiger partial charge in [-0.25, -0.2) is 0 Å². The van der Waals surface area contributed by atoms with E-state index in [1.54, 1.807) is 29.4 Å². The van der Waals surface area contributed by atoms with Crippen LogP contribution in [0.15, 0.2) is 42.7 Å². The molecule has 3 heterocycles. The Morgan fingerprint density at radius 3 is 2.76 bits per heavy atom. The average molecular weight is 353 g/mol. The lowest BCUT2D eigenvalue weighted by Crippen LogP contribution is -2.37. The number of aryl methyl sites for hydroxylation is 2. The molecule has 0 radical (unpaired) electrons. The first-order valence-electron chi connectivity index (χ1n) is 8.09. The molecule has 0 bridgehead atoms.